The van der Waals surface area contributed by atoms with Crippen LogP contribution in [-0.2, 0) is 4.79 Å². The molecule has 7 heteroatoms. The minimum atomic E-state index is -4.52. The van der Waals surface area contributed by atoms with Crippen LogP contribution in [0.25, 0.3) is 0 Å². The predicted octanol–water partition coefficient (Wildman–Crippen LogP) is 0.374. The summed E-state index contributed by atoms with van der Waals surface area (Å²) >= 11 is 0. The second-order valence-electron chi connectivity index (χ2n) is 2.95. The van der Waals surface area contributed by atoms with Gasteiger partial charge in [-0.05, 0) is 6.08 Å². The van der Waals surface area contributed by atoms with Crippen LogP contribution in [0.4, 0.5) is 13.2 Å². The Balaban J connectivity index is 2.89. The summed E-state index contributed by atoms with van der Waals surface area (Å²) in [6.45, 7) is 1.14. The van der Waals surface area contributed by atoms with Crippen molar-refractivity contribution in [2.45, 2.75) is 19.3 Å². The highest BCUT2D eigenvalue weighted by molar-refractivity contribution is 5.75. The van der Waals surface area contributed by atoms with Gasteiger partial charge >= 0.3 is 6.18 Å². The highest BCUT2D eigenvalue weighted by atomic mass is 19.4. The van der Waals surface area contributed by atoms with Gasteiger partial charge in [-0.2, -0.15) is 13.2 Å². The Kier molecular flexibility index (Phi) is 3.04. The number of allylic oxidation sites excluding steroid dienone is 2. The van der Waals surface area contributed by atoms with Crippen LogP contribution in [-0.4, -0.2) is 23.4 Å². The van der Waals surface area contributed by atoms with Crippen molar-refractivity contribution in [2.75, 3.05) is 0 Å². The molecule has 1 aliphatic heterocycles. The van der Waals surface area contributed by atoms with Gasteiger partial charge in [-0.25, -0.2) is 0 Å². The van der Waals surface area contributed by atoms with E-state index in [1.165, 1.54) is 0 Å². The average Bonchev–Trinajstić information content (AvgIpc) is 2.06. The van der Waals surface area contributed by atoms with Crippen molar-refractivity contribution in [1.82, 2.24) is 10.6 Å². The Morgan fingerprint density at radius 3 is 2.67 bits per heavy atom. The summed E-state index contributed by atoms with van der Waals surface area (Å²) in [4.78, 5) is 10.6. The number of carbonyl (C=O) groups excluding carboxylic acids is 1. The smallest absolute Gasteiger partial charge is 0.368 e. The maximum Gasteiger partial charge on any atom is 0.417 e. The molecule has 1 aliphatic rings. The van der Waals surface area contributed by atoms with Crippen molar-refractivity contribution < 1.29 is 23.1 Å². The Morgan fingerprint density at radius 1 is 1.60 bits per heavy atom. The summed E-state index contributed by atoms with van der Waals surface area (Å²) in [7, 11) is 0. The maximum atomic E-state index is 12.2. The van der Waals surface area contributed by atoms with Gasteiger partial charge in [0.1, 0.15) is 0 Å². The van der Waals surface area contributed by atoms with E-state index in [1.807, 2.05) is 0 Å². The maximum absolute atomic E-state index is 12.2. The van der Waals surface area contributed by atoms with Crippen LogP contribution >= 0.6 is 0 Å². The summed E-state index contributed by atoms with van der Waals surface area (Å²) in [6, 6.07) is 0. The van der Waals surface area contributed by atoms with E-state index in [4.69, 9.17) is 0 Å². The molecule has 0 saturated carbocycles. The molecule has 0 aromatic rings. The normalized spacial score (nSPS) is 21.3. The second kappa shape index (κ2) is 3.93. The second-order valence-corrected chi connectivity index (χ2v) is 2.95. The SMILES string of the molecule is CC(=O)NC1=CC(C(F)(F)F)=CNC1O. The molecular weight excluding hydrogens is 213 g/mol. The third-order valence-corrected chi connectivity index (χ3v) is 1.65. The lowest BCUT2D eigenvalue weighted by molar-refractivity contribution is -0.118. The van der Waals surface area contributed by atoms with Crippen LogP contribution in [0.2, 0.25) is 0 Å². The van der Waals surface area contributed by atoms with E-state index >= 15 is 0 Å². The van der Waals surface area contributed by atoms with Gasteiger partial charge in [0.15, 0.2) is 6.23 Å². The Morgan fingerprint density at radius 2 is 2.20 bits per heavy atom. The number of rotatable bonds is 1. The third kappa shape index (κ3) is 2.98. The number of nitrogens with one attached hydrogen (secondary N) is 2. The number of dihydropyridines is 1. The summed E-state index contributed by atoms with van der Waals surface area (Å²) in [5, 5.41) is 13.4. The number of hydrogen-bond donors (Lipinski definition) is 3. The van der Waals surface area contributed by atoms with E-state index < -0.39 is 23.9 Å². The topological polar surface area (TPSA) is 61.4 Å². The molecule has 0 aromatic carbocycles. The van der Waals surface area contributed by atoms with Crippen molar-refractivity contribution in [2.24, 2.45) is 0 Å². The van der Waals surface area contributed by atoms with Crippen LogP contribution in [0.1, 0.15) is 6.92 Å². The molecule has 15 heavy (non-hydrogen) atoms. The number of aliphatic hydroxyl groups is 1. The molecule has 4 nitrogen and oxygen atoms in total. The highest BCUT2D eigenvalue weighted by Crippen LogP contribution is 2.28. The zero-order valence-corrected chi connectivity index (χ0v) is 7.72. The van der Waals surface area contributed by atoms with Gasteiger partial charge in [0.05, 0.1) is 11.3 Å². The fourth-order valence-electron chi connectivity index (χ4n) is 1.02. The van der Waals surface area contributed by atoms with Crippen LogP contribution in [0.5, 0.6) is 0 Å². The van der Waals surface area contributed by atoms with Gasteiger partial charge in [-0.1, -0.05) is 0 Å². The molecule has 0 fully saturated rings. The average molecular weight is 222 g/mol. The van der Waals surface area contributed by atoms with E-state index in [1.54, 1.807) is 0 Å². The molecule has 1 rings (SSSR count). The van der Waals surface area contributed by atoms with E-state index in [2.05, 4.69) is 10.6 Å². The molecule has 1 amide bonds. The Hall–Kier alpha value is -1.50. The number of carbonyl (C=O) groups is 1. The lowest BCUT2D eigenvalue weighted by Crippen LogP contribution is -2.39. The number of alkyl halides is 3. The molecule has 0 spiro atoms. The molecule has 0 saturated heterocycles. The van der Waals surface area contributed by atoms with Crippen molar-refractivity contribution in [3.63, 3.8) is 0 Å². The number of halogens is 3. The van der Waals surface area contributed by atoms with Crippen LogP contribution in [0.15, 0.2) is 23.5 Å². The van der Waals surface area contributed by atoms with Crippen molar-refractivity contribution in [1.29, 1.82) is 0 Å². The van der Waals surface area contributed by atoms with E-state index in [-0.39, 0.29) is 5.70 Å². The molecule has 1 unspecified atom stereocenters. The summed E-state index contributed by atoms with van der Waals surface area (Å²) in [6.07, 6.45) is -4.52. The zero-order chi connectivity index (χ0) is 11.6. The number of aliphatic hydroxyl groups excluding tert-OH is 1. The lowest BCUT2D eigenvalue weighted by Gasteiger charge is -2.22. The van der Waals surface area contributed by atoms with Crippen molar-refractivity contribution in [3.05, 3.63) is 23.5 Å². The quantitative estimate of drug-likeness (QED) is 0.600. The standard InChI is InChI=1S/C8H9F3N2O2/c1-4(14)13-6-2-5(8(9,10)11)3-12-7(6)15/h2-3,7,12,15H,1H3,(H,13,14). The molecule has 3 N–H and O–H groups in total. The largest absolute Gasteiger partial charge is 0.417 e. The van der Waals surface area contributed by atoms with Gasteiger partial charge in [0.2, 0.25) is 5.91 Å². The fraction of sp³-hybridized carbons (Fsp3) is 0.375. The molecular formula is C8H9F3N2O2. The third-order valence-electron chi connectivity index (χ3n) is 1.65. The first-order valence-electron chi connectivity index (χ1n) is 4.01. The molecule has 0 aromatic heterocycles. The number of hydrogen-bond acceptors (Lipinski definition) is 3. The van der Waals surface area contributed by atoms with Crippen LogP contribution in [0.3, 0.4) is 0 Å². The van der Waals surface area contributed by atoms with E-state index in [0.717, 1.165) is 6.92 Å². The number of amides is 1. The summed E-state index contributed by atoms with van der Waals surface area (Å²) in [5.41, 5.74) is -1.19. The molecule has 1 atom stereocenters. The first-order valence-corrected chi connectivity index (χ1v) is 4.01. The van der Waals surface area contributed by atoms with E-state index in [0.29, 0.717) is 12.3 Å². The minimum Gasteiger partial charge on any atom is -0.368 e. The first-order chi connectivity index (χ1) is 6.80. The first kappa shape index (κ1) is 11.6. The van der Waals surface area contributed by atoms with Gasteiger partial charge < -0.3 is 15.7 Å². The van der Waals surface area contributed by atoms with Gasteiger partial charge in [0.25, 0.3) is 0 Å². The molecule has 84 valence electrons. The molecule has 1 heterocycles. The summed E-state index contributed by atoms with van der Waals surface area (Å²) in [5.74, 6) is -0.550. The predicted molar refractivity (Wildman–Crippen MR) is 45.2 cm³/mol. The monoisotopic (exact) mass is 222 g/mol. The minimum absolute atomic E-state index is 0.225. The fourth-order valence-corrected chi connectivity index (χ4v) is 1.02. The van der Waals surface area contributed by atoms with Crippen molar-refractivity contribution in [3.8, 4) is 0 Å². The van der Waals surface area contributed by atoms with E-state index in [9.17, 15) is 23.1 Å². The summed E-state index contributed by atoms with van der Waals surface area (Å²) < 4.78 is 36.7. The van der Waals surface area contributed by atoms with Crippen molar-refractivity contribution >= 4 is 5.91 Å². The zero-order valence-electron chi connectivity index (χ0n) is 7.72. The molecule has 0 radical (unpaired) electrons. The molecule has 0 bridgehead atoms. The Labute approximate surface area is 83.5 Å². The van der Waals surface area contributed by atoms with Crippen LogP contribution in [0, 0.1) is 0 Å². The lowest BCUT2D eigenvalue weighted by atomic mass is 10.1. The van der Waals surface area contributed by atoms with Gasteiger partial charge in [0, 0.05) is 13.1 Å². The Bertz CT molecular complexity index is 333. The van der Waals surface area contributed by atoms with Gasteiger partial charge in [-0.3, -0.25) is 4.79 Å². The highest BCUT2D eigenvalue weighted by Gasteiger charge is 2.35. The van der Waals surface area contributed by atoms with Crippen LogP contribution < -0.4 is 10.6 Å². The van der Waals surface area contributed by atoms with Gasteiger partial charge in [-0.15, -0.1) is 0 Å². The molecule has 0 aliphatic carbocycles.